The average molecular weight is 393 g/mol. The lowest BCUT2D eigenvalue weighted by atomic mass is 10.1. The summed E-state index contributed by atoms with van der Waals surface area (Å²) in [6.45, 7) is 2.52. The molecule has 0 saturated carbocycles. The third-order valence-corrected chi connectivity index (χ3v) is 5.23. The molecule has 3 heterocycles. The van der Waals surface area contributed by atoms with Gasteiger partial charge in [0.25, 0.3) is 16.8 Å². The predicted octanol–water partition coefficient (Wildman–Crippen LogP) is 1.65. The monoisotopic (exact) mass is 393 g/mol. The van der Waals surface area contributed by atoms with Crippen molar-refractivity contribution in [3.8, 4) is 11.5 Å². The number of carbonyl (C=O) groups excluding carboxylic acids is 2. The first-order valence-electron chi connectivity index (χ1n) is 8.16. The lowest BCUT2D eigenvalue weighted by Crippen LogP contribution is -2.45. The van der Waals surface area contributed by atoms with Crippen LogP contribution in [0.1, 0.15) is 5.56 Å². The fraction of sp³-hybridized carbons (Fsp3) is 0.375. The molecule has 1 aromatic rings. The van der Waals surface area contributed by atoms with Gasteiger partial charge >= 0.3 is 0 Å². The highest BCUT2D eigenvalue weighted by atomic mass is 32.2. The molecule has 0 spiro atoms. The van der Waals surface area contributed by atoms with Crippen molar-refractivity contribution in [2.75, 3.05) is 39.8 Å². The van der Waals surface area contributed by atoms with Crippen molar-refractivity contribution in [2.24, 2.45) is 0 Å². The van der Waals surface area contributed by atoms with Gasteiger partial charge in [0.1, 0.15) is 0 Å². The number of morpholine rings is 1. The van der Waals surface area contributed by atoms with E-state index >= 15 is 0 Å². The highest BCUT2D eigenvalue weighted by molar-refractivity contribution is 8.18. The number of thioether (sulfide) groups is 1. The average Bonchev–Trinajstić information content (AvgIpc) is 3.21. The van der Waals surface area contributed by atoms with E-state index in [0.717, 1.165) is 16.7 Å². The van der Waals surface area contributed by atoms with E-state index in [1.165, 1.54) is 18.2 Å². The maximum Gasteiger partial charge on any atom is 0.294 e. The van der Waals surface area contributed by atoms with Crippen LogP contribution < -0.4 is 9.47 Å². The number of nitro groups is 1. The molecule has 4 rings (SSSR count). The standard InChI is InChI=1S/C16H15N3O7S/c20-15-14(27-16(21)18(15)8-17-1-3-24-4-2-17)6-10-5-12-13(26-9-25-12)7-11(10)19(22)23/h5-7H,1-4,8-9H2/b14-6+. The largest absolute Gasteiger partial charge is 0.454 e. The van der Waals surface area contributed by atoms with E-state index < -0.39 is 16.1 Å². The molecule has 0 aromatic heterocycles. The maximum atomic E-state index is 12.6. The molecule has 142 valence electrons. The Morgan fingerprint density at radius 3 is 2.59 bits per heavy atom. The summed E-state index contributed by atoms with van der Waals surface area (Å²) >= 11 is 0.765. The van der Waals surface area contributed by atoms with Crippen LogP contribution in [-0.2, 0) is 9.53 Å². The van der Waals surface area contributed by atoms with Crippen LogP contribution in [-0.4, -0.2) is 65.6 Å². The summed E-state index contributed by atoms with van der Waals surface area (Å²) in [7, 11) is 0. The van der Waals surface area contributed by atoms with Crippen LogP contribution in [0.3, 0.4) is 0 Å². The Labute approximate surface area is 157 Å². The van der Waals surface area contributed by atoms with E-state index in [9.17, 15) is 19.7 Å². The number of benzene rings is 1. The van der Waals surface area contributed by atoms with Gasteiger partial charge in [-0.3, -0.25) is 29.5 Å². The van der Waals surface area contributed by atoms with Crippen LogP contribution in [0.2, 0.25) is 0 Å². The normalized spacial score (nSPS) is 21.3. The lowest BCUT2D eigenvalue weighted by Gasteiger charge is -2.29. The molecule has 10 nitrogen and oxygen atoms in total. The van der Waals surface area contributed by atoms with Crippen molar-refractivity contribution in [3.63, 3.8) is 0 Å². The Bertz CT molecular complexity index is 851. The minimum Gasteiger partial charge on any atom is -0.454 e. The number of amides is 2. The minimum absolute atomic E-state index is 0.0218. The van der Waals surface area contributed by atoms with Crippen molar-refractivity contribution in [1.82, 2.24) is 9.80 Å². The van der Waals surface area contributed by atoms with Crippen LogP contribution >= 0.6 is 11.8 Å². The highest BCUT2D eigenvalue weighted by Gasteiger charge is 2.37. The SMILES string of the molecule is O=C1S/C(=C/c2cc3c(cc2[N+](=O)[O-])OCO3)C(=O)N1CN1CCOCC1. The van der Waals surface area contributed by atoms with E-state index in [0.29, 0.717) is 32.1 Å². The summed E-state index contributed by atoms with van der Waals surface area (Å²) in [5.74, 6) is 0.169. The molecule has 11 heteroatoms. The number of ether oxygens (including phenoxy) is 3. The first kappa shape index (κ1) is 17.8. The zero-order valence-corrected chi connectivity index (χ0v) is 14.9. The third kappa shape index (κ3) is 3.48. The lowest BCUT2D eigenvalue weighted by molar-refractivity contribution is -0.385. The minimum atomic E-state index is -0.564. The zero-order chi connectivity index (χ0) is 19.0. The Balaban J connectivity index is 1.60. The molecule has 0 N–H and O–H groups in total. The summed E-state index contributed by atoms with van der Waals surface area (Å²) in [5.41, 5.74) is -0.0413. The number of fused-ring (bicyclic) bond motifs is 1. The predicted molar refractivity (Wildman–Crippen MR) is 94.3 cm³/mol. The smallest absolute Gasteiger partial charge is 0.294 e. The summed E-state index contributed by atoms with van der Waals surface area (Å²) in [6.07, 6.45) is 1.35. The summed E-state index contributed by atoms with van der Waals surface area (Å²) in [4.78, 5) is 38.9. The zero-order valence-electron chi connectivity index (χ0n) is 14.1. The molecule has 2 amide bonds. The second-order valence-corrected chi connectivity index (χ2v) is 7.00. The number of imide groups is 1. The topological polar surface area (TPSA) is 111 Å². The molecule has 0 atom stereocenters. The Morgan fingerprint density at radius 1 is 1.19 bits per heavy atom. The second-order valence-electron chi connectivity index (χ2n) is 6.00. The van der Waals surface area contributed by atoms with Gasteiger partial charge in [-0.05, 0) is 23.9 Å². The third-order valence-electron chi connectivity index (χ3n) is 4.32. The first-order chi connectivity index (χ1) is 13.0. The first-order valence-corrected chi connectivity index (χ1v) is 8.98. The van der Waals surface area contributed by atoms with Gasteiger partial charge in [0.05, 0.1) is 41.3 Å². The summed E-state index contributed by atoms with van der Waals surface area (Å²) in [6, 6.07) is 2.70. The molecule has 3 aliphatic rings. The van der Waals surface area contributed by atoms with Gasteiger partial charge < -0.3 is 14.2 Å². The molecular weight excluding hydrogens is 378 g/mol. The van der Waals surface area contributed by atoms with Gasteiger partial charge in [0, 0.05) is 13.1 Å². The number of rotatable bonds is 4. The Kier molecular flexibility index (Phi) is 4.72. The molecule has 0 unspecified atom stereocenters. The summed E-state index contributed by atoms with van der Waals surface area (Å²) < 4.78 is 15.7. The van der Waals surface area contributed by atoms with Gasteiger partial charge in [-0.15, -0.1) is 0 Å². The fourth-order valence-corrected chi connectivity index (χ4v) is 3.75. The van der Waals surface area contributed by atoms with E-state index in [1.807, 2.05) is 4.90 Å². The quantitative estimate of drug-likeness (QED) is 0.428. The van der Waals surface area contributed by atoms with Crippen molar-refractivity contribution in [2.45, 2.75) is 0 Å². The van der Waals surface area contributed by atoms with Crippen LogP contribution in [0, 0.1) is 10.1 Å². The van der Waals surface area contributed by atoms with E-state index in [1.54, 1.807) is 0 Å². The number of nitro benzene ring substituents is 1. The van der Waals surface area contributed by atoms with Crippen LogP contribution in [0.4, 0.5) is 10.5 Å². The van der Waals surface area contributed by atoms with Gasteiger partial charge in [-0.2, -0.15) is 0 Å². The van der Waals surface area contributed by atoms with Crippen molar-refractivity contribution in [1.29, 1.82) is 0 Å². The van der Waals surface area contributed by atoms with Crippen LogP contribution in [0.5, 0.6) is 11.5 Å². The fourth-order valence-electron chi connectivity index (χ4n) is 2.93. The molecule has 3 aliphatic heterocycles. The maximum absolute atomic E-state index is 12.6. The van der Waals surface area contributed by atoms with Gasteiger partial charge in [-0.1, -0.05) is 0 Å². The van der Waals surface area contributed by atoms with Crippen LogP contribution in [0.15, 0.2) is 17.0 Å². The van der Waals surface area contributed by atoms with Crippen LogP contribution in [0.25, 0.3) is 6.08 Å². The molecule has 27 heavy (non-hydrogen) atoms. The van der Waals surface area contributed by atoms with Gasteiger partial charge in [0.15, 0.2) is 11.5 Å². The molecule has 0 radical (unpaired) electrons. The van der Waals surface area contributed by atoms with E-state index in [4.69, 9.17) is 14.2 Å². The molecule has 2 saturated heterocycles. The molecular formula is C16H15N3O7S. The van der Waals surface area contributed by atoms with E-state index in [-0.39, 0.29) is 35.4 Å². The molecule has 0 aliphatic carbocycles. The number of hydrogen-bond acceptors (Lipinski definition) is 9. The Hall–Kier alpha value is -2.63. The number of carbonyl (C=O) groups is 2. The van der Waals surface area contributed by atoms with Crippen molar-refractivity contribution < 1.29 is 28.7 Å². The van der Waals surface area contributed by atoms with E-state index in [2.05, 4.69) is 0 Å². The van der Waals surface area contributed by atoms with Crippen molar-refractivity contribution in [3.05, 3.63) is 32.7 Å². The van der Waals surface area contributed by atoms with Gasteiger partial charge in [0.2, 0.25) is 6.79 Å². The second kappa shape index (κ2) is 7.18. The Morgan fingerprint density at radius 2 is 1.89 bits per heavy atom. The molecule has 0 bridgehead atoms. The van der Waals surface area contributed by atoms with Crippen molar-refractivity contribution >= 4 is 34.7 Å². The molecule has 2 fully saturated rings. The molecule has 1 aromatic carbocycles. The number of hydrogen-bond donors (Lipinski definition) is 0. The van der Waals surface area contributed by atoms with Gasteiger partial charge in [-0.25, -0.2) is 0 Å². The highest BCUT2D eigenvalue weighted by Crippen LogP contribution is 2.40. The number of nitrogens with zero attached hydrogens (tertiary/aromatic N) is 3. The summed E-state index contributed by atoms with van der Waals surface area (Å²) in [5, 5.41) is 11.0.